The Bertz CT molecular complexity index is 1020. The first-order valence-electron chi connectivity index (χ1n) is 6.87. The minimum absolute atomic E-state index is 0.393. The topological polar surface area (TPSA) is 43.1 Å². The number of amides is 1. The normalized spacial score (nSPS) is 11.2. The van der Waals surface area contributed by atoms with E-state index < -0.39 is 5.91 Å². The van der Waals surface area contributed by atoms with Crippen LogP contribution < -0.4 is 5.73 Å². The molecule has 0 aliphatic heterocycles. The van der Waals surface area contributed by atoms with Gasteiger partial charge in [-0.05, 0) is 68.7 Å². The summed E-state index contributed by atoms with van der Waals surface area (Å²) in [5.41, 5.74) is 5.90. The van der Waals surface area contributed by atoms with Gasteiger partial charge in [0.05, 0.1) is 0 Å². The number of primary amides is 1. The molecule has 4 aromatic carbocycles. The number of nitrogens with two attached hydrogens (primary N) is 1. The Balaban J connectivity index is 2.07. The zero-order valence-electron chi connectivity index (χ0n) is 11.3. The minimum atomic E-state index is -0.393. The van der Waals surface area contributed by atoms with Gasteiger partial charge in [-0.3, -0.25) is 4.79 Å². The molecular weight excluding hydrogens is 258 g/mol. The molecule has 0 spiro atoms. The molecule has 21 heavy (non-hydrogen) atoms. The Labute approximate surface area is 121 Å². The summed E-state index contributed by atoms with van der Waals surface area (Å²) in [7, 11) is 0. The lowest BCUT2D eigenvalue weighted by atomic mass is 9.98. The van der Waals surface area contributed by atoms with E-state index in [9.17, 15) is 4.79 Å². The predicted octanol–water partition coefficient (Wildman–Crippen LogP) is 4.25. The van der Waals surface area contributed by atoms with Crippen LogP contribution in [-0.4, -0.2) is 5.91 Å². The molecule has 0 aliphatic carbocycles. The highest BCUT2D eigenvalue weighted by Crippen LogP contribution is 2.27. The van der Waals surface area contributed by atoms with Gasteiger partial charge in [0.25, 0.3) is 0 Å². The second kappa shape index (κ2) is 4.32. The highest BCUT2D eigenvalue weighted by Gasteiger charge is 2.04. The zero-order valence-corrected chi connectivity index (χ0v) is 11.3. The molecule has 1 amide bonds. The molecule has 0 fully saturated rings. The van der Waals surface area contributed by atoms with Crippen molar-refractivity contribution in [2.24, 2.45) is 5.73 Å². The zero-order chi connectivity index (χ0) is 14.4. The third-order valence-electron chi connectivity index (χ3n) is 3.94. The maximum absolute atomic E-state index is 11.3. The van der Waals surface area contributed by atoms with Crippen LogP contribution in [0, 0.1) is 0 Å². The van der Waals surface area contributed by atoms with Gasteiger partial charge in [0, 0.05) is 5.56 Å². The average Bonchev–Trinajstić information content (AvgIpc) is 2.50. The molecule has 4 aromatic rings. The van der Waals surface area contributed by atoms with E-state index in [1.54, 1.807) is 6.07 Å². The van der Waals surface area contributed by atoms with Crippen LogP contribution >= 0.6 is 0 Å². The van der Waals surface area contributed by atoms with Crippen LogP contribution in [0.15, 0.2) is 66.7 Å². The minimum Gasteiger partial charge on any atom is -0.366 e. The van der Waals surface area contributed by atoms with Crippen molar-refractivity contribution in [3.05, 3.63) is 72.3 Å². The molecule has 0 atom stereocenters. The number of hydrogen-bond donors (Lipinski definition) is 1. The summed E-state index contributed by atoms with van der Waals surface area (Å²) in [6.45, 7) is 0. The van der Waals surface area contributed by atoms with Crippen molar-refractivity contribution in [3.63, 3.8) is 0 Å². The van der Waals surface area contributed by atoms with Crippen molar-refractivity contribution in [2.75, 3.05) is 0 Å². The van der Waals surface area contributed by atoms with Crippen LogP contribution in [-0.2, 0) is 0 Å². The largest absolute Gasteiger partial charge is 0.366 e. The van der Waals surface area contributed by atoms with E-state index in [0.717, 1.165) is 10.8 Å². The van der Waals surface area contributed by atoms with E-state index in [1.165, 1.54) is 21.5 Å². The van der Waals surface area contributed by atoms with Crippen LogP contribution in [0.3, 0.4) is 0 Å². The summed E-state index contributed by atoms with van der Waals surface area (Å²) in [6.07, 6.45) is 0. The molecule has 0 radical (unpaired) electrons. The molecular formula is C19H13NO. The lowest BCUT2D eigenvalue weighted by Gasteiger charge is -2.06. The first-order chi connectivity index (χ1) is 10.2. The standard InChI is InChI=1S/C19H13NO/c20-19(21)15-6-5-14-9-17-7-12-3-1-2-4-13(12)8-18(17)11-16(14)10-15/h1-11H,(H2,20,21). The third-order valence-corrected chi connectivity index (χ3v) is 3.94. The van der Waals surface area contributed by atoms with Crippen LogP contribution in [0.2, 0.25) is 0 Å². The van der Waals surface area contributed by atoms with Gasteiger partial charge in [0.15, 0.2) is 0 Å². The van der Waals surface area contributed by atoms with E-state index >= 15 is 0 Å². The first kappa shape index (κ1) is 11.9. The van der Waals surface area contributed by atoms with Gasteiger partial charge in [0.1, 0.15) is 0 Å². The molecule has 2 N–H and O–H groups in total. The molecule has 0 aromatic heterocycles. The van der Waals surface area contributed by atoms with Crippen LogP contribution in [0.5, 0.6) is 0 Å². The number of carbonyl (C=O) groups excluding carboxylic acids is 1. The number of carbonyl (C=O) groups is 1. The van der Waals surface area contributed by atoms with Crippen LogP contribution in [0.4, 0.5) is 0 Å². The van der Waals surface area contributed by atoms with Crippen molar-refractivity contribution >= 4 is 38.2 Å². The Morgan fingerprint density at radius 2 is 1.10 bits per heavy atom. The van der Waals surface area contributed by atoms with Gasteiger partial charge in [-0.1, -0.05) is 30.3 Å². The molecule has 0 saturated carbocycles. The van der Waals surface area contributed by atoms with E-state index in [1.807, 2.05) is 24.3 Å². The summed E-state index contributed by atoms with van der Waals surface area (Å²) >= 11 is 0. The average molecular weight is 271 g/mol. The van der Waals surface area contributed by atoms with E-state index in [-0.39, 0.29) is 0 Å². The van der Waals surface area contributed by atoms with Gasteiger partial charge in [0.2, 0.25) is 5.91 Å². The molecule has 2 nitrogen and oxygen atoms in total. The van der Waals surface area contributed by atoms with Gasteiger partial charge in [-0.25, -0.2) is 0 Å². The fourth-order valence-electron chi connectivity index (χ4n) is 2.85. The quantitative estimate of drug-likeness (QED) is 0.517. The van der Waals surface area contributed by atoms with Crippen molar-refractivity contribution in [1.29, 1.82) is 0 Å². The van der Waals surface area contributed by atoms with Crippen molar-refractivity contribution < 1.29 is 4.79 Å². The van der Waals surface area contributed by atoms with Crippen molar-refractivity contribution in [1.82, 2.24) is 0 Å². The molecule has 0 saturated heterocycles. The maximum atomic E-state index is 11.3. The maximum Gasteiger partial charge on any atom is 0.248 e. The second-order valence-electron chi connectivity index (χ2n) is 5.32. The number of benzene rings is 4. The van der Waals surface area contributed by atoms with Crippen LogP contribution in [0.1, 0.15) is 10.4 Å². The predicted molar refractivity (Wildman–Crippen MR) is 87.5 cm³/mol. The monoisotopic (exact) mass is 271 g/mol. The first-order valence-corrected chi connectivity index (χ1v) is 6.87. The van der Waals surface area contributed by atoms with Crippen LogP contribution in [0.25, 0.3) is 32.3 Å². The van der Waals surface area contributed by atoms with Gasteiger partial charge < -0.3 is 5.73 Å². The molecule has 0 aliphatic rings. The molecule has 0 unspecified atom stereocenters. The lowest BCUT2D eigenvalue weighted by molar-refractivity contribution is 0.100. The van der Waals surface area contributed by atoms with Gasteiger partial charge in [-0.2, -0.15) is 0 Å². The molecule has 0 bridgehead atoms. The fourth-order valence-corrected chi connectivity index (χ4v) is 2.85. The molecule has 100 valence electrons. The Kier molecular flexibility index (Phi) is 2.45. The van der Waals surface area contributed by atoms with Crippen molar-refractivity contribution in [3.8, 4) is 0 Å². The van der Waals surface area contributed by atoms with Gasteiger partial charge >= 0.3 is 0 Å². The number of rotatable bonds is 1. The number of fused-ring (bicyclic) bond motifs is 3. The Hall–Kier alpha value is -2.87. The smallest absolute Gasteiger partial charge is 0.248 e. The van der Waals surface area contributed by atoms with Crippen molar-refractivity contribution in [2.45, 2.75) is 0 Å². The summed E-state index contributed by atoms with van der Waals surface area (Å²) < 4.78 is 0. The van der Waals surface area contributed by atoms with E-state index in [4.69, 9.17) is 5.73 Å². The van der Waals surface area contributed by atoms with E-state index in [2.05, 4.69) is 36.4 Å². The highest BCUT2D eigenvalue weighted by molar-refractivity contribution is 6.06. The Morgan fingerprint density at radius 1 is 0.619 bits per heavy atom. The molecule has 2 heteroatoms. The highest BCUT2D eigenvalue weighted by atomic mass is 16.1. The van der Waals surface area contributed by atoms with E-state index in [0.29, 0.717) is 5.56 Å². The SMILES string of the molecule is NC(=O)c1ccc2cc3cc4ccccc4cc3cc2c1. The second-order valence-corrected chi connectivity index (χ2v) is 5.32. The van der Waals surface area contributed by atoms with Gasteiger partial charge in [-0.15, -0.1) is 0 Å². The number of hydrogen-bond acceptors (Lipinski definition) is 1. The molecule has 4 rings (SSSR count). The lowest BCUT2D eigenvalue weighted by Crippen LogP contribution is -2.10. The Morgan fingerprint density at radius 3 is 1.67 bits per heavy atom. The summed E-state index contributed by atoms with van der Waals surface area (Å²) in [5, 5.41) is 6.97. The summed E-state index contributed by atoms with van der Waals surface area (Å²) in [5.74, 6) is -0.393. The summed E-state index contributed by atoms with van der Waals surface area (Å²) in [4.78, 5) is 11.3. The third kappa shape index (κ3) is 1.93. The molecule has 0 heterocycles. The summed E-state index contributed by atoms with van der Waals surface area (Å²) in [6, 6.07) is 22.6. The fraction of sp³-hybridized carbons (Fsp3) is 0.